The fraction of sp³-hybridized carbons (Fsp3) is 0.625. The van der Waals surface area contributed by atoms with Crippen LogP contribution >= 0.6 is 15.9 Å². The van der Waals surface area contributed by atoms with Gasteiger partial charge in [0.25, 0.3) is 0 Å². The topological polar surface area (TPSA) is 29.3 Å². The Morgan fingerprint density at radius 3 is 2.00 bits per heavy atom. The molecule has 0 radical (unpaired) electrons. The largest absolute Gasteiger partial charge is 0.371 e. The Morgan fingerprint density at radius 1 is 1.05 bits per heavy atom. The lowest BCUT2D eigenvalue weighted by molar-refractivity contribution is 0.550. The fourth-order valence-corrected chi connectivity index (χ4v) is 2.68. The van der Waals surface area contributed by atoms with Crippen molar-refractivity contribution in [2.45, 2.75) is 40.7 Å². The minimum Gasteiger partial charge on any atom is -0.371 e. The van der Waals surface area contributed by atoms with E-state index >= 15 is 0 Å². The van der Waals surface area contributed by atoms with Gasteiger partial charge in [0, 0.05) is 29.3 Å². The van der Waals surface area contributed by atoms with E-state index in [0.29, 0.717) is 11.8 Å². The molecule has 0 fully saturated rings. The summed E-state index contributed by atoms with van der Waals surface area (Å²) in [5.74, 6) is 1.28. The zero-order chi connectivity index (χ0) is 14.6. The van der Waals surface area contributed by atoms with Crippen LogP contribution in [-0.2, 0) is 0 Å². The van der Waals surface area contributed by atoms with Gasteiger partial charge in [-0.3, -0.25) is 0 Å². The molecule has 108 valence electrons. The molecule has 0 aliphatic heterocycles. The maximum atomic E-state index is 6.12. The smallest absolute Gasteiger partial charge is 0.0426 e. The lowest BCUT2D eigenvalue weighted by Crippen LogP contribution is -2.32. The molecular formula is C16H27BrN2. The summed E-state index contributed by atoms with van der Waals surface area (Å²) < 4.78 is 1.12. The second-order valence-electron chi connectivity index (χ2n) is 6.18. The molecule has 3 heteroatoms. The fourth-order valence-electron chi connectivity index (χ4n) is 2.33. The van der Waals surface area contributed by atoms with Crippen LogP contribution in [0.15, 0.2) is 22.7 Å². The van der Waals surface area contributed by atoms with Crippen molar-refractivity contribution >= 4 is 21.6 Å². The number of benzene rings is 1. The summed E-state index contributed by atoms with van der Waals surface area (Å²) in [5.41, 5.74) is 8.62. The number of anilines is 1. The molecule has 0 spiro atoms. The third-order valence-electron chi connectivity index (χ3n) is 2.99. The van der Waals surface area contributed by atoms with Crippen LogP contribution in [0, 0.1) is 11.8 Å². The zero-order valence-corrected chi connectivity index (χ0v) is 14.4. The van der Waals surface area contributed by atoms with Crippen LogP contribution in [0.5, 0.6) is 0 Å². The number of hydrogen-bond acceptors (Lipinski definition) is 2. The summed E-state index contributed by atoms with van der Waals surface area (Å²) in [7, 11) is 0. The Bertz CT molecular complexity index is 390. The third-order valence-corrected chi connectivity index (χ3v) is 3.49. The standard InChI is InChI=1S/C16H27BrN2/c1-11(2)9-19(10-12(3)4)16-8-14(17)6-7-15(16)13(5)18/h6-8,11-13H,9-10,18H2,1-5H3. The second kappa shape index (κ2) is 7.30. The van der Waals surface area contributed by atoms with Gasteiger partial charge in [0.05, 0.1) is 0 Å². The quantitative estimate of drug-likeness (QED) is 0.828. The van der Waals surface area contributed by atoms with Gasteiger partial charge in [-0.05, 0) is 36.5 Å². The molecule has 0 saturated carbocycles. The van der Waals surface area contributed by atoms with Crippen molar-refractivity contribution in [1.82, 2.24) is 0 Å². The van der Waals surface area contributed by atoms with E-state index in [4.69, 9.17) is 5.73 Å². The first-order valence-electron chi connectivity index (χ1n) is 7.11. The number of hydrogen-bond donors (Lipinski definition) is 1. The lowest BCUT2D eigenvalue weighted by Gasteiger charge is -2.31. The molecular weight excluding hydrogens is 300 g/mol. The van der Waals surface area contributed by atoms with Crippen LogP contribution in [0.4, 0.5) is 5.69 Å². The number of nitrogens with two attached hydrogens (primary N) is 1. The molecule has 0 saturated heterocycles. The normalized spacial score (nSPS) is 13.1. The first kappa shape index (κ1) is 16.5. The Balaban J connectivity index is 3.15. The molecule has 0 heterocycles. The Labute approximate surface area is 126 Å². The molecule has 0 bridgehead atoms. The van der Waals surface area contributed by atoms with E-state index in [1.807, 2.05) is 0 Å². The highest BCUT2D eigenvalue weighted by Crippen LogP contribution is 2.30. The van der Waals surface area contributed by atoms with Gasteiger partial charge in [-0.2, -0.15) is 0 Å². The van der Waals surface area contributed by atoms with Gasteiger partial charge in [0.2, 0.25) is 0 Å². The van der Waals surface area contributed by atoms with E-state index in [1.165, 1.54) is 11.3 Å². The first-order valence-corrected chi connectivity index (χ1v) is 7.90. The van der Waals surface area contributed by atoms with Crippen LogP contribution in [0.2, 0.25) is 0 Å². The van der Waals surface area contributed by atoms with Gasteiger partial charge in [0.1, 0.15) is 0 Å². The minimum absolute atomic E-state index is 0.0601. The van der Waals surface area contributed by atoms with Gasteiger partial charge in [0.15, 0.2) is 0 Å². The first-order chi connectivity index (χ1) is 8.81. The summed E-state index contributed by atoms with van der Waals surface area (Å²) in [6, 6.07) is 6.47. The molecule has 1 aromatic carbocycles. The average Bonchev–Trinajstić information content (AvgIpc) is 2.26. The predicted octanol–water partition coefficient (Wildman–Crippen LogP) is 4.59. The second-order valence-corrected chi connectivity index (χ2v) is 7.10. The highest BCUT2D eigenvalue weighted by atomic mass is 79.9. The number of rotatable bonds is 6. The SMILES string of the molecule is CC(C)CN(CC(C)C)c1cc(Br)ccc1C(C)N. The van der Waals surface area contributed by atoms with Crippen LogP contribution in [0.25, 0.3) is 0 Å². The number of halogens is 1. The Hall–Kier alpha value is -0.540. The lowest BCUT2D eigenvalue weighted by atomic mass is 10.0. The maximum Gasteiger partial charge on any atom is 0.0426 e. The molecule has 1 aromatic rings. The van der Waals surface area contributed by atoms with Crippen molar-refractivity contribution in [3.05, 3.63) is 28.2 Å². The van der Waals surface area contributed by atoms with Crippen LogP contribution < -0.4 is 10.6 Å². The Morgan fingerprint density at radius 2 is 1.58 bits per heavy atom. The third kappa shape index (κ3) is 5.15. The highest BCUT2D eigenvalue weighted by Gasteiger charge is 2.16. The van der Waals surface area contributed by atoms with Gasteiger partial charge < -0.3 is 10.6 Å². The molecule has 0 aliphatic carbocycles. The molecule has 2 nitrogen and oxygen atoms in total. The molecule has 1 atom stereocenters. The summed E-state index contributed by atoms with van der Waals surface area (Å²) in [6.45, 7) is 13.2. The summed E-state index contributed by atoms with van der Waals surface area (Å²) in [5, 5.41) is 0. The molecule has 0 aliphatic rings. The van der Waals surface area contributed by atoms with Gasteiger partial charge in [-0.15, -0.1) is 0 Å². The van der Waals surface area contributed by atoms with Gasteiger partial charge in [-0.1, -0.05) is 49.7 Å². The van der Waals surface area contributed by atoms with Crippen molar-refractivity contribution in [1.29, 1.82) is 0 Å². The van der Waals surface area contributed by atoms with Gasteiger partial charge in [-0.25, -0.2) is 0 Å². The predicted molar refractivity (Wildman–Crippen MR) is 88.6 cm³/mol. The van der Waals surface area contributed by atoms with E-state index in [0.717, 1.165) is 17.6 Å². The molecule has 1 rings (SSSR count). The number of nitrogens with zero attached hydrogens (tertiary/aromatic N) is 1. The van der Waals surface area contributed by atoms with Crippen LogP contribution in [0.1, 0.15) is 46.2 Å². The van der Waals surface area contributed by atoms with Crippen LogP contribution in [0.3, 0.4) is 0 Å². The van der Waals surface area contributed by atoms with Crippen molar-refractivity contribution < 1.29 is 0 Å². The Kier molecular flexibility index (Phi) is 6.34. The molecule has 2 N–H and O–H groups in total. The van der Waals surface area contributed by atoms with Crippen molar-refractivity contribution in [2.24, 2.45) is 17.6 Å². The molecule has 1 unspecified atom stereocenters. The van der Waals surface area contributed by atoms with Gasteiger partial charge >= 0.3 is 0 Å². The van der Waals surface area contributed by atoms with Crippen molar-refractivity contribution in [3.63, 3.8) is 0 Å². The van der Waals surface area contributed by atoms with E-state index in [9.17, 15) is 0 Å². The molecule has 19 heavy (non-hydrogen) atoms. The van der Waals surface area contributed by atoms with Crippen LogP contribution in [-0.4, -0.2) is 13.1 Å². The highest BCUT2D eigenvalue weighted by molar-refractivity contribution is 9.10. The monoisotopic (exact) mass is 326 g/mol. The average molecular weight is 327 g/mol. The molecule has 0 amide bonds. The maximum absolute atomic E-state index is 6.12. The summed E-state index contributed by atoms with van der Waals surface area (Å²) in [6.07, 6.45) is 0. The zero-order valence-electron chi connectivity index (χ0n) is 12.8. The summed E-state index contributed by atoms with van der Waals surface area (Å²) in [4.78, 5) is 2.47. The van der Waals surface area contributed by atoms with E-state index in [2.05, 4.69) is 73.6 Å². The minimum atomic E-state index is 0.0601. The van der Waals surface area contributed by atoms with E-state index in [1.54, 1.807) is 0 Å². The molecule has 0 aromatic heterocycles. The van der Waals surface area contributed by atoms with E-state index in [-0.39, 0.29) is 6.04 Å². The van der Waals surface area contributed by atoms with Crippen molar-refractivity contribution in [3.8, 4) is 0 Å². The summed E-state index contributed by atoms with van der Waals surface area (Å²) >= 11 is 3.58. The van der Waals surface area contributed by atoms with Crippen molar-refractivity contribution in [2.75, 3.05) is 18.0 Å². The van der Waals surface area contributed by atoms with E-state index < -0.39 is 0 Å².